The van der Waals surface area contributed by atoms with Gasteiger partial charge in [-0.3, -0.25) is 4.79 Å². The highest BCUT2D eigenvalue weighted by molar-refractivity contribution is 6.30. The highest BCUT2D eigenvalue weighted by Gasteiger charge is 2.19. The summed E-state index contributed by atoms with van der Waals surface area (Å²) in [4.78, 5) is 24.7. The lowest BCUT2D eigenvalue weighted by molar-refractivity contribution is -0.123. The number of hydrogen-bond acceptors (Lipinski definition) is 4. The first-order valence-electron chi connectivity index (χ1n) is 9.05. The summed E-state index contributed by atoms with van der Waals surface area (Å²) in [7, 11) is 0. The molecule has 0 saturated carbocycles. The van der Waals surface area contributed by atoms with Gasteiger partial charge in [0.2, 0.25) is 0 Å². The van der Waals surface area contributed by atoms with Crippen molar-refractivity contribution in [3.05, 3.63) is 95.0 Å². The fraction of sp³-hybridized carbons (Fsp3) is 0.130. The number of amides is 1. The maximum Gasteiger partial charge on any atom is 0.339 e. The van der Waals surface area contributed by atoms with Crippen LogP contribution in [-0.4, -0.2) is 18.0 Å². The maximum atomic E-state index is 12.4. The second-order valence-electron chi connectivity index (χ2n) is 6.35. The molecular weight excluding hydrogens is 390 g/mol. The minimum Gasteiger partial charge on any atom is -0.489 e. The molecule has 29 heavy (non-hydrogen) atoms. The van der Waals surface area contributed by atoms with Crippen LogP contribution < -0.4 is 10.1 Å². The Morgan fingerprint density at radius 2 is 1.72 bits per heavy atom. The average Bonchev–Trinajstić information content (AvgIpc) is 2.73. The maximum absolute atomic E-state index is 12.4. The predicted octanol–water partition coefficient (Wildman–Crippen LogP) is 5.10. The molecule has 0 fully saturated rings. The van der Waals surface area contributed by atoms with E-state index in [9.17, 15) is 9.59 Å². The van der Waals surface area contributed by atoms with Crippen LogP contribution in [0.5, 0.6) is 5.75 Å². The number of anilines is 1. The number of carbonyl (C=O) groups is 2. The molecule has 1 atom stereocenters. The SMILES string of the molecule is C[C@@H](OC(=O)c1cccc(OCc2ccccc2)c1)C(=O)Nc1cccc(Cl)c1. The molecule has 0 heterocycles. The van der Waals surface area contributed by atoms with E-state index in [4.69, 9.17) is 21.1 Å². The normalized spacial score (nSPS) is 11.4. The molecule has 148 valence electrons. The molecule has 0 aliphatic carbocycles. The Kier molecular flexibility index (Phi) is 6.87. The van der Waals surface area contributed by atoms with Crippen LogP contribution in [0.25, 0.3) is 0 Å². The Hall–Kier alpha value is -3.31. The van der Waals surface area contributed by atoms with Crippen molar-refractivity contribution in [3.63, 3.8) is 0 Å². The molecule has 6 heteroatoms. The summed E-state index contributed by atoms with van der Waals surface area (Å²) in [5.41, 5.74) is 1.85. The van der Waals surface area contributed by atoms with Gasteiger partial charge in [-0.1, -0.05) is 54.1 Å². The van der Waals surface area contributed by atoms with Crippen LogP contribution in [-0.2, 0) is 16.1 Å². The first-order valence-corrected chi connectivity index (χ1v) is 9.43. The van der Waals surface area contributed by atoms with Crippen LogP contribution in [0.15, 0.2) is 78.9 Å². The van der Waals surface area contributed by atoms with Crippen molar-refractivity contribution in [2.24, 2.45) is 0 Å². The second kappa shape index (κ2) is 9.75. The Labute approximate surface area is 174 Å². The van der Waals surface area contributed by atoms with E-state index in [1.54, 1.807) is 48.5 Å². The summed E-state index contributed by atoms with van der Waals surface area (Å²) in [6, 6.07) is 23.1. The van der Waals surface area contributed by atoms with Crippen molar-refractivity contribution >= 4 is 29.2 Å². The predicted molar refractivity (Wildman–Crippen MR) is 112 cm³/mol. The fourth-order valence-electron chi connectivity index (χ4n) is 2.55. The van der Waals surface area contributed by atoms with Gasteiger partial charge < -0.3 is 14.8 Å². The van der Waals surface area contributed by atoms with Gasteiger partial charge in [0.15, 0.2) is 6.10 Å². The number of ether oxygens (including phenoxy) is 2. The van der Waals surface area contributed by atoms with Crippen molar-refractivity contribution in [2.45, 2.75) is 19.6 Å². The number of nitrogens with one attached hydrogen (secondary N) is 1. The van der Waals surface area contributed by atoms with Crippen molar-refractivity contribution in [3.8, 4) is 5.75 Å². The van der Waals surface area contributed by atoms with E-state index >= 15 is 0 Å². The van der Waals surface area contributed by atoms with Crippen molar-refractivity contribution in [1.82, 2.24) is 0 Å². The second-order valence-corrected chi connectivity index (χ2v) is 6.79. The highest BCUT2D eigenvalue weighted by Crippen LogP contribution is 2.18. The molecule has 3 rings (SSSR count). The first-order chi connectivity index (χ1) is 14.0. The van der Waals surface area contributed by atoms with E-state index in [0.29, 0.717) is 28.6 Å². The summed E-state index contributed by atoms with van der Waals surface area (Å²) in [5, 5.41) is 3.16. The highest BCUT2D eigenvalue weighted by atomic mass is 35.5. The molecule has 0 radical (unpaired) electrons. The summed E-state index contributed by atoms with van der Waals surface area (Å²) in [5.74, 6) is -0.514. The van der Waals surface area contributed by atoms with Gasteiger partial charge in [-0.2, -0.15) is 0 Å². The first kappa shape index (κ1) is 20.4. The third-order valence-electron chi connectivity index (χ3n) is 4.06. The molecule has 3 aromatic rings. The van der Waals surface area contributed by atoms with Gasteiger partial charge in [0, 0.05) is 10.7 Å². The molecule has 0 aliphatic rings. The molecule has 0 unspecified atom stereocenters. The minimum absolute atomic E-state index is 0.304. The van der Waals surface area contributed by atoms with Crippen LogP contribution in [0.2, 0.25) is 5.02 Å². The topological polar surface area (TPSA) is 64.6 Å². The van der Waals surface area contributed by atoms with E-state index in [1.807, 2.05) is 30.3 Å². The number of benzene rings is 3. The quantitative estimate of drug-likeness (QED) is 0.551. The Balaban J connectivity index is 1.57. The lowest BCUT2D eigenvalue weighted by Gasteiger charge is -2.14. The third kappa shape index (κ3) is 6.09. The Bertz CT molecular complexity index is 991. The van der Waals surface area contributed by atoms with Crippen molar-refractivity contribution in [2.75, 3.05) is 5.32 Å². The number of esters is 1. The molecule has 0 spiro atoms. The van der Waals surface area contributed by atoms with Crippen LogP contribution >= 0.6 is 11.6 Å². The van der Waals surface area contributed by atoms with Crippen molar-refractivity contribution < 1.29 is 19.1 Å². The van der Waals surface area contributed by atoms with E-state index in [1.165, 1.54) is 6.92 Å². The Morgan fingerprint density at radius 3 is 2.48 bits per heavy atom. The molecule has 5 nitrogen and oxygen atoms in total. The fourth-order valence-corrected chi connectivity index (χ4v) is 2.74. The largest absolute Gasteiger partial charge is 0.489 e. The van der Waals surface area contributed by atoms with Gasteiger partial charge in [-0.25, -0.2) is 4.79 Å². The Morgan fingerprint density at radius 1 is 0.966 bits per heavy atom. The van der Waals surface area contributed by atoms with E-state index in [0.717, 1.165) is 5.56 Å². The lowest BCUT2D eigenvalue weighted by Crippen LogP contribution is -2.30. The van der Waals surface area contributed by atoms with E-state index in [2.05, 4.69) is 5.32 Å². The van der Waals surface area contributed by atoms with Gasteiger partial charge in [-0.15, -0.1) is 0 Å². The van der Waals surface area contributed by atoms with Gasteiger partial charge >= 0.3 is 5.97 Å². The van der Waals surface area contributed by atoms with Gasteiger partial charge in [-0.05, 0) is 48.9 Å². The molecule has 1 amide bonds. The number of carbonyl (C=O) groups excluding carboxylic acids is 2. The zero-order valence-electron chi connectivity index (χ0n) is 15.8. The van der Waals surface area contributed by atoms with E-state index in [-0.39, 0.29) is 0 Å². The number of hydrogen-bond donors (Lipinski definition) is 1. The van der Waals surface area contributed by atoms with Gasteiger partial charge in [0.1, 0.15) is 12.4 Å². The van der Waals surface area contributed by atoms with Crippen LogP contribution in [0.4, 0.5) is 5.69 Å². The standard InChI is InChI=1S/C23H20ClNO4/c1-16(22(26)25-20-11-6-10-19(24)14-20)29-23(27)18-9-5-12-21(13-18)28-15-17-7-3-2-4-8-17/h2-14,16H,15H2,1H3,(H,25,26)/t16-/m1/s1. The number of rotatable bonds is 7. The molecule has 0 saturated heterocycles. The molecular formula is C23H20ClNO4. The smallest absolute Gasteiger partial charge is 0.339 e. The van der Waals surface area contributed by atoms with Crippen molar-refractivity contribution in [1.29, 1.82) is 0 Å². The van der Waals surface area contributed by atoms with E-state index < -0.39 is 18.0 Å². The summed E-state index contributed by atoms with van der Waals surface area (Å²) >= 11 is 5.90. The lowest BCUT2D eigenvalue weighted by atomic mass is 10.2. The van der Waals surface area contributed by atoms with Crippen LogP contribution in [0.3, 0.4) is 0 Å². The molecule has 3 aromatic carbocycles. The van der Waals surface area contributed by atoms with Crippen LogP contribution in [0.1, 0.15) is 22.8 Å². The minimum atomic E-state index is -0.977. The monoisotopic (exact) mass is 409 g/mol. The molecule has 0 bridgehead atoms. The van der Waals surface area contributed by atoms with Gasteiger partial charge in [0.25, 0.3) is 5.91 Å². The summed E-state index contributed by atoms with van der Waals surface area (Å²) in [6.45, 7) is 1.89. The average molecular weight is 410 g/mol. The summed E-state index contributed by atoms with van der Waals surface area (Å²) < 4.78 is 11.0. The zero-order valence-corrected chi connectivity index (χ0v) is 16.6. The van der Waals surface area contributed by atoms with Gasteiger partial charge in [0.05, 0.1) is 5.56 Å². The molecule has 0 aromatic heterocycles. The van der Waals surface area contributed by atoms with Crippen LogP contribution in [0, 0.1) is 0 Å². The molecule has 0 aliphatic heterocycles. The molecule has 1 N–H and O–H groups in total. The number of halogens is 1. The third-order valence-corrected chi connectivity index (χ3v) is 4.30. The summed E-state index contributed by atoms with van der Waals surface area (Å²) in [6.07, 6.45) is -0.977. The zero-order chi connectivity index (χ0) is 20.6.